The van der Waals surface area contributed by atoms with Gasteiger partial charge in [-0.1, -0.05) is 43.7 Å². The summed E-state index contributed by atoms with van der Waals surface area (Å²) in [5, 5.41) is 10.1. The first-order valence-electron chi connectivity index (χ1n) is 11.5. The quantitative estimate of drug-likeness (QED) is 0.491. The highest BCUT2D eigenvalue weighted by Crippen LogP contribution is 2.43. The highest BCUT2D eigenvalue weighted by Gasteiger charge is 2.43. The number of anilines is 1. The molecule has 2 heterocycles. The fourth-order valence-corrected chi connectivity index (χ4v) is 4.32. The maximum Gasteiger partial charge on any atom is 0.355 e. The van der Waals surface area contributed by atoms with Gasteiger partial charge in [0.2, 0.25) is 0 Å². The van der Waals surface area contributed by atoms with Crippen molar-refractivity contribution in [1.82, 2.24) is 4.98 Å². The SMILES string of the molecule is CCCCc1nc2cc(N3C(N)=C(C#N)C(c4ccccc4)C(C(=O)OC)=C3C(=O)OC)ccc2o1. The summed E-state index contributed by atoms with van der Waals surface area (Å²) in [6.07, 6.45) is 2.64. The zero-order chi connectivity index (χ0) is 25.8. The van der Waals surface area contributed by atoms with Crippen LogP contribution in [0.4, 0.5) is 5.69 Å². The van der Waals surface area contributed by atoms with Gasteiger partial charge in [0.15, 0.2) is 11.5 Å². The van der Waals surface area contributed by atoms with Crippen molar-refractivity contribution >= 4 is 28.7 Å². The lowest BCUT2D eigenvalue weighted by atomic mass is 9.81. The number of nitrogens with zero attached hydrogens (tertiary/aromatic N) is 3. The van der Waals surface area contributed by atoms with Crippen LogP contribution in [-0.4, -0.2) is 31.1 Å². The molecule has 36 heavy (non-hydrogen) atoms. The lowest BCUT2D eigenvalue weighted by Gasteiger charge is -2.35. The van der Waals surface area contributed by atoms with E-state index in [0.29, 0.717) is 34.7 Å². The second-order valence-electron chi connectivity index (χ2n) is 8.20. The number of aryl methyl sites for hydroxylation is 1. The third kappa shape index (κ3) is 4.29. The van der Waals surface area contributed by atoms with Crippen LogP contribution in [0.2, 0.25) is 0 Å². The molecule has 0 fully saturated rings. The van der Waals surface area contributed by atoms with E-state index in [9.17, 15) is 14.9 Å². The van der Waals surface area contributed by atoms with Gasteiger partial charge in [-0.3, -0.25) is 4.90 Å². The molecule has 1 atom stereocenters. The number of carbonyl (C=O) groups excluding carboxylic acids is 2. The van der Waals surface area contributed by atoms with Gasteiger partial charge in [0, 0.05) is 6.42 Å². The fraction of sp³-hybridized carbons (Fsp3) is 0.259. The average molecular weight is 487 g/mol. The van der Waals surface area contributed by atoms with Crippen LogP contribution in [0.5, 0.6) is 0 Å². The monoisotopic (exact) mass is 486 g/mol. The predicted octanol–water partition coefficient (Wildman–Crippen LogP) is 4.07. The minimum Gasteiger partial charge on any atom is -0.466 e. The summed E-state index contributed by atoms with van der Waals surface area (Å²) in [7, 11) is 2.42. The predicted molar refractivity (Wildman–Crippen MR) is 132 cm³/mol. The summed E-state index contributed by atoms with van der Waals surface area (Å²) in [6, 6.07) is 16.1. The van der Waals surface area contributed by atoms with Crippen molar-refractivity contribution < 1.29 is 23.5 Å². The summed E-state index contributed by atoms with van der Waals surface area (Å²) in [5.41, 5.74) is 8.59. The number of fused-ring (bicyclic) bond motifs is 1. The Morgan fingerprint density at radius 1 is 1.14 bits per heavy atom. The van der Waals surface area contributed by atoms with E-state index in [0.717, 1.165) is 12.8 Å². The van der Waals surface area contributed by atoms with Crippen LogP contribution in [0.1, 0.15) is 37.1 Å². The Balaban J connectivity index is 1.97. The molecule has 1 aliphatic heterocycles. The zero-order valence-electron chi connectivity index (χ0n) is 20.3. The van der Waals surface area contributed by atoms with Gasteiger partial charge in [-0.05, 0) is 30.2 Å². The largest absolute Gasteiger partial charge is 0.466 e. The average Bonchev–Trinajstić information content (AvgIpc) is 3.32. The summed E-state index contributed by atoms with van der Waals surface area (Å²) < 4.78 is 15.9. The first-order valence-corrected chi connectivity index (χ1v) is 11.5. The van der Waals surface area contributed by atoms with Gasteiger partial charge >= 0.3 is 11.9 Å². The maximum atomic E-state index is 13.2. The van der Waals surface area contributed by atoms with Gasteiger partial charge in [-0.15, -0.1) is 0 Å². The molecular weight excluding hydrogens is 460 g/mol. The van der Waals surface area contributed by atoms with Crippen molar-refractivity contribution in [2.24, 2.45) is 5.73 Å². The molecule has 3 aromatic rings. The standard InChI is InChI=1S/C27H26N4O5/c1-4-5-11-21-30-19-14-17(12-13-20(19)36-21)31-24(27(33)35-3)23(26(32)34-2)22(18(15-28)25(31)29)16-9-7-6-8-10-16/h6-10,12-14,22H,4-5,11,29H2,1-3H3. The molecule has 0 aliphatic carbocycles. The van der Waals surface area contributed by atoms with Crippen LogP contribution < -0.4 is 10.6 Å². The molecule has 9 nitrogen and oxygen atoms in total. The molecule has 0 bridgehead atoms. The van der Waals surface area contributed by atoms with Crippen molar-refractivity contribution in [3.05, 3.63) is 82.6 Å². The van der Waals surface area contributed by atoms with Crippen LogP contribution in [0.15, 0.2) is 75.6 Å². The highest BCUT2D eigenvalue weighted by atomic mass is 16.5. The van der Waals surface area contributed by atoms with Gasteiger partial charge in [0.05, 0.1) is 43.0 Å². The Bertz CT molecular complexity index is 1410. The van der Waals surface area contributed by atoms with Crippen molar-refractivity contribution in [1.29, 1.82) is 5.26 Å². The molecule has 0 amide bonds. The molecule has 2 N–H and O–H groups in total. The summed E-state index contributed by atoms with van der Waals surface area (Å²) >= 11 is 0. The molecule has 1 aromatic heterocycles. The van der Waals surface area contributed by atoms with Crippen LogP contribution in [0.3, 0.4) is 0 Å². The van der Waals surface area contributed by atoms with Crippen molar-refractivity contribution in [3.8, 4) is 6.07 Å². The number of ether oxygens (including phenoxy) is 2. The summed E-state index contributed by atoms with van der Waals surface area (Å²) in [5.74, 6) is -1.91. The van der Waals surface area contributed by atoms with Crippen molar-refractivity contribution in [2.75, 3.05) is 19.1 Å². The van der Waals surface area contributed by atoms with Gasteiger partial charge in [0.25, 0.3) is 0 Å². The first kappa shape index (κ1) is 24.5. The Morgan fingerprint density at radius 2 is 1.86 bits per heavy atom. The van der Waals surface area contributed by atoms with Crippen LogP contribution in [0, 0.1) is 11.3 Å². The molecule has 0 saturated heterocycles. The van der Waals surface area contributed by atoms with E-state index in [2.05, 4.69) is 18.0 Å². The second kappa shape index (κ2) is 10.4. The third-order valence-corrected chi connectivity index (χ3v) is 6.03. The highest BCUT2D eigenvalue weighted by molar-refractivity contribution is 6.06. The lowest BCUT2D eigenvalue weighted by molar-refractivity contribution is -0.139. The topological polar surface area (TPSA) is 132 Å². The van der Waals surface area contributed by atoms with Gasteiger partial charge in [0.1, 0.15) is 17.0 Å². The van der Waals surface area contributed by atoms with Gasteiger partial charge in [-0.25, -0.2) is 14.6 Å². The molecule has 9 heteroatoms. The van der Waals surface area contributed by atoms with Crippen molar-refractivity contribution in [3.63, 3.8) is 0 Å². The Morgan fingerprint density at radius 3 is 2.50 bits per heavy atom. The van der Waals surface area contributed by atoms with Gasteiger partial charge in [-0.2, -0.15) is 5.26 Å². The van der Waals surface area contributed by atoms with Gasteiger partial charge < -0.3 is 19.6 Å². The minimum absolute atomic E-state index is 0.00606. The number of carbonyl (C=O) groups is 2. The second-order valence-corrected chi connectivity index (χ2v) is 8.20. The van der Waals surface area contributed by atoms with Crippen LogP contribution >= 0.6 is 0 Å². The third-order valence-electron chi connectivity index (χ3n) is 6.03. The number of oxazole rings is 1. The number of hydrogen-bond donors (Lipinski definition) is 1. The lowest BCUT2D eigenvalue weighted by Crippen LogP contribution is -2.40. The number of unbranched alkanes of at least 4 members (excludes halogenated alkanes) is 1. The molecule has 1 unspecified atom stereocenters. The molecule has 4 rings (SSSR count). The van der Waals surface area contributed by atoms with E-state index in [1.165, 1.54) is 19.1 Å². The first-order chi connectivity index (χ1) is 17.4. The molecule has 0 radical (unpaired) electrons. The molecule has 2 aromatic carbocycles. The van der Waals surface area contributed by atoms with Crippen LogP contribution in [-0.2, 0) is 25.5 Å². The van der Waals surface area contributed by atoms with E-state index in [4.69, 9.17) is 19.6 Å². The van der Waals surface area contributed by atoms with E-state index in [-0.39, 0.29) is 22.7 Å². The van der Waals surface area contributed by atoms with Crippen LogP contribution in [0.25, 0.3) is 11.1 Å². The number of allylic oxidation sites excluding steroid dienone is 1. The van der Waals surface area contributed by atoms with E-state index < -0.39 is 17.9 Å². The number of rotatable bonds is 7. The Hall–Kier alpha value is -4.58. The number of nitrogens with two attached hydrogens (primary N) is 1. The maximum absolute atomic E-state index is 13.2. The number of methoxy groups -OCH3 is 2. The summed E-state index contributed by atoms with van der Waals surface area (Å²) in [4.78, 5) is 32.2. The molecule has 0 spiro atoms. The molecule has 184 valence electrons. The van der Waals surface area contributed by atoms with Crippen molar-refractivity contribution in [2.45, 2.75) is 32.1 Å². The fourth-order valence-electron chi connectivity index (χ4n) is 4.32. The number of benzene rings is 2. The van der Waals surface area contributed by atoms with E-state index in [1.54, 1.807) is 42.5 Å². The van der Waals surface area contributed by atoms with E-state index in [1.807, 2.05) is 6.07 Å². The molecular formula is C27H26N4O5. The number of nitriles is 1. The number of hydrogen-bond acceptors (Lipinski definition) is 9. The molecule has 0 saturated carbocycles. The molecule has 1 aliphatic rings. The number of aromatic nitrogens is 1. The Labute approximate surface area is 208 Å². The zero-order valence-corrected chi connectivity index (χ0v) is 20.3. The summed E-state index contributed by atoms with van der Waals surface area (Å²) in [6.45, 7) is 2.08. The smallest absolute Gasteiger partial charge is 0.355 e. The normalized spacial score (nSPS) is 15.7. The number of esters is 2. The Kier molecular flexibility index (Phi) is 7.06. The minimum atomic E-state index is -0.926. The van der Waals surface area contributed by atoms with E-state index >= 15 is 0 Å².